The Morgan fingerprint density at radius 3 is 1.76 bits per heavy atom. The second-order valence-electron chi connectivity index (χ2n) is 25.9. The maximum absolute atomic E-state index is 15.3. The maximum Gasteiger partial charge on any atom is 0.475 e. The number of imidazole rings is 1. The molecule has 5 saturated heterocycles. The Kier molecular flexibility index (Phi) is 29.2. The number of phosphoric acid groups is 1. The van der Waals surface area contributed by atoms with Crippen LogP contribution in [-0.2, 0) is 128 Å². The van der Waals surface area contributed by atoms with Crippen LogP contribution in [0.2, 0.25) is 0 Å². The largest absolute Gasteiger partial charge is 0.780 e. The van der Waals surface area contributed by atoms with E-state index in [1.165, 1.54) is 60.2 Å². The zero-order valence-electron chi connectivity index (χ0n) is 59.8. The molecular weight excluding hydrogens is 1700 g/mol. The number of nitrogens with two attached hydrogens (primary N) is 4. The van der Waals surface area contributed by atoms with Crippen molar-refractivity contribution < 1.29 is 107 Å². The molecule has 12 N–H and O–H groups in total. The van der Waals surface area contributed by atoms with Crippen LogP contribution in [0, 0.1) is 18.8 Å². The van der Waals surface area contributed by atoms with Crippen molar-refractivity contribution in [2.24, 2.45) is 17.6 Å². The third-order valence-corrected chi connectivity index (χ3v) is 24.9. The van der Waals surface area contributed by atoms with Crippen molar-refractivity contribution in [3.8, 4) is 0 Å². The van der Waals surface area contributed by atoms with Crippen LogP contribution in [-0.4, -0.2) is 217 Å². The topological polar surface area (TPSA) is 614 Å². The van der Waals surface area contributed by atoms with E-state index in [4.69, 9.17) is 142 Å². The number of hydrogen-bond acceptors (Lipinski definition) is 41. The number of fused-ring (bicyclic) bond motifs is 1. The number of aromatic nitrogens is 12. The number of aliphatic hydroxyl groups excluding tert-OH is 1. The predicted molar refractivity (Wildman–Crippen MR) is 395 cm³/mol. The summed E-state index contributed by atoms with van der Waals surface area (Å²) in [5.74, 6) is -0.953. The van der Waals surface area contributed by atoms with E-state index in [9.17, 15) is 53.0 Å². The summed E-state index contributed by atoms with van der Waals surface area (Å²) in [5.41, 5.74) is 17.0. The minimum atomic E-state index is -5.05. The van der Waals surface area contributed by atoms with Crippen LogP contribution in [0.15, 0.2) is 81.3 Å². The number of anilines is 3. The molecule has 21 atom stereocenters. The number of ether oxygens (including phenoxy) is 9. The molecule has 6 aromatic rings. The Hall–Kier alpha value is -5.42. The lowest BCUT2D eigenvalue weighted by Crippen LogP contribution is -2.41. The van der Waals surface area contributed by atoms with E-state index < -0.39 is 205 Å². The van der Waals surface area contributed by atoms with E-state index in [-0.39, 0.29) is 103 Å². The first-order valence-electron chi connectivity index (χ1n) is 34.1. The fourth-order valence-electron chi connectivity index (χ4n) is 12.9. The van der Waals surface area contributed by atoms with Gasteiger partial charge >= 0.3 is 30.6 Å². The Morgan fingerprint density at radius 1 is 0.616 bits per heavy atom. The van der Waals surface area contributed by atoms with Gasteiger partial charge in [0.1, 0.15) is 98.7 Å². The number of hydrogen-bond donors (Lipinski definition) is 8. The van der Waals surface area contributed by atoms with Crippen LogP contribution < -0.4 is 72.2 Å². The molecule has 5 fully saturated rings. The fraction of sp³-hybridized carbons (Fsp3) is 0.638. The number of aryl methyl sites for hydroxylation is 1. The van der Waals surface area contributed by atoms with Gasteiger partial charge in [-0.2, -0.15) is 15.0 Å². The number of aliphatic hydroxyl groups is 1. The summed E-state index contributed by atoms with van der Waals surface area (Å²) in [6.07, 6.45) is -17.0. The van der Waals surface area contributed by atoms with Crippen LogP contribution in [0.4, 0.5) is 17.6 Å². The van der Waals surface area contributed by atoms with E-state index in [2.05, 4.69) is 50.8 Å². The lowest BCUT2D eigenvalue weighted by atomic mass is 9.89. The Labute approximate surface area is 656 Å². The highest BCUT2D eigenvalue weighted by Crippen LogP contribution is 2.57. The molecule has 112 heavy (non-hydrogen) atoms. The first-order valence-corrected chi connectivity index (χ1v) is 44.1. The van der Waals surface area contributed by atoms with Crippen LogP contribution in [0.5, 0.6) is 0 Å². The van der Waals surface area contributed by atoms with Crippen molar-refractivity contribution in [1.82, 2.24) is 57.7 Å². The number of nitrogens with zero attached hydrogens (tertiary/aromatic N) is 9. The normalized spacial score (nSPS) is 28.9. The monoisotopic (exact) mass is 1780 g/mol. The second kappa shape index (κ2) is 37.5. The number of nitrogens with one attached hydrogen (secondary N) is 3. The van der Waals surface area contributed by atoms with Gasteiger partial charge in [-0.15, -0.1) is 0 Å². The minimum absolute atomic E-state index is 0.0125. The average Bonchev–Trinajstić information content (AvgIpc) is 1.62. The third-order valence-electron chi connectivity index (χ3n) is 18.2. The fourth-order valence-corrected chi connectivity index (χ4v) is 18.9. The van der Waals surface area contributed by atoms with Crippen molar-refractivity contribution in [1.29, 1.82) is 0 Å². The third kappa shape index (κ3) is 21.1. The quantitative estimate of drug-likeness (QED) is 0.0119. The zero-order valence-corrected chi connectivity index (χ0v) is 67.5. The summed E-state index contributed by atoms with van der Waals surface area (Å²) in [6.45, 7) is -13.4. The molecule has 5 aliphatic heterocycles. The van der Waals surface area contributed by atoms with Gasteiger partial charge in [0.2, 0.25) is 5.95 Å². The van der Waals surface area contributed by atoms with Crippen molar-refractivity contribution in [2.75, 3.05) is 104 Å². The zero-order chi connectivity index (χ0) is 80.9. The summed E-state index contributed by atoms with van der Waals surface area (Å²) >= 11 is 19.4. The molecule has 11 heterocycles. The van der Waals surface area contributed by atoms with E-state index in [0.717, 1.165) is 27.0 Å². The summed E-state index contributed by atoms with van der Waals surface area (Å²) in [5, 5.41) is 10.4. The van der Waals surface area contributed by atoms with Crippen LogP contribution >= 0.6 is 44.0 Å². The Balaban J connectivity index is 0.835. The van der Waals surface area contributed by atoms with Gasteiger partial charge in [0.05, 0.1) is 89.1 Å². The summed E-state index contributed by atoms with van der Waals surface area (Å²) in [7, 11) is -2.57. The van der Waals surface area contributed by atoms with Crippen molar-refractivity contribution in [2.45, 2.75) is 138 Å². The molecule has 0 saturated carbocycles. The molecule has 0 aliphatic carbocycles. The first-order chi connectivity index (χ1) is 53.1. The molecule has 0 bridgehead atoms. The molecule has 6 unspecified atom stereocenters. The molecule has 0 amide bonds. The summed E-state index contributed by atoms with van der Waals surface area (Å²) in [6, 6.07) is 2.66. The van der Waals surface area contributed by atoms with Crippen LogP contribution in [0.25, 0.3) is 11.2 Å². The number of methoxy groups -OCH3 is 2. The first kappa shape index (κ1) is 87.4. The minimum Gasteiger partial charge on any atom is -0.780 e. The SMILES string of the molecule is COC1[C@@H](OP([O-])(=S)OC[C@H]2O[C@@H](n3cnc4c(=O)[nH]c(N)nc43)C[C@H]2OP(=O)([S-])OC[C@H]2O[C@@H](n3cc(C)c(=O)[nH]c3=O)C[C@H]2OP(=O)(OCCOCCOCCN)OC[C@H]2O[C@@H](n3ccc(N)nc3=O)C[C@H]2C(C)C)[C@@H](COP([O-])(=S)O[C@@H]2C(OC)[C@H](n3cc(Br)c(=O)[nH]c3=O)O[C@@H]2CO)O[C@H]1n1ccc(N)nc1=O. The van der Waals surface area contributed by atoms with Crippen molar-refractivity contribution in [3.05, 3.63) is 126 Å². The highest BCUT2D eigenvalue weighted by Gasteiger charge is 2.52. The average molecular weight is 1780 g/mol. The molecule has 46 nitrogen and oxygen atoms in total. The van der Waals surface area contributed by atoms with Gasteiger partial charge in [-0.1, -0.05) is 37.5 Å². The van der Waals surface area contributed by atoms with Gasteiger partial charge < -0.3 is 120 Å². The Bertz CT molecular complexity index is 4970. The van der Waals surface area contributed by atoms with E-state index in [1.54, 1.807) is 0 Å². The molecule has 54 heteroatoms. The Morgan fingerprint density at radius 2 is 1.14 bits per heavy atom. The van der Waals surface area contributed by atoms with Crippen LogP contribution in [0.3, 0.4) is 0 Å². The van der Waals surface area contributed by atoms with E-state index in [1.807, 2.05) is 13.8 Å². The number of nitrogen functional groups attached to an aromatic ring is 3. The molecular formula is C58H80BrN16O30P4S3-3. The molecule has 620 valence electrons. The second-order valence-corrected chi connectivity index (χ2v) is 36.5. The van der Waals surface area contributed by atoms with E-state index in [0.29, 0.717) is 0 Å². The highest BCUT2D eigenvalue weighted by molar-refractivity contribution is 9.10. The smallest absolute Gasteiger partial charge is 0.475 e. The number of phosphoric ester groups is 1. The lowest BCUT2D eigenvalue weighted by molar-refractivity contribution is -0.221. The maximum atomic E-state index is 15.3. The summed E-state index contributed by atoms with van der Waals surface area (Å²) in [4.78, 5) is 142. The molecule has 0 aromatic carbocycles. The predicted octanol–water partition coefficient (Wildman–Crippen LogP) is -1.95. The van der Waals surface area contributed by atoms with E-state index >= 15 is 4.57 Å². The van der Waals surface area contributed by atoms with Gasteiger partial charge in [-0.05, 0) is 53.2 Å². The van der Waals surface area contributed by atoms with Gasteiger partial charge in [0.25, 0.3) is 16.7 Å². The number of aromatic amines is 3. The molecule has 0 radical (unpaired) electrons. The lowest BCUT2D eigenvalue weighted by Gasteiger charge is -2.37. The molecule has 6 aromatic heterocycles. The van der Waals surface area contributed by atoms with Gasteiger partial charge in [-0.3, -0.25) is 70.3 Å². The highest BCUT2D eigenvalue weighted by atomic mass is 79.9. The van der Waals surface area contributed by atoms with Crippen molar-refractivity contribution in [3.63, 3.8) is 0 Å². The van der Waals surface area contributed by atoms with Gasteiger partial charge in [0.15, 0.2) is 30.4 Å². The number of rotatable bonds is 38. The standard InChI is InChI=1S/C58H83BrN16O30P4S3/c1-27(2)29-16-40(71-9-6-38(61)65-55(71)80)97-34(29)22-93-106(84,92-15-14-91-13-12-90-11-8-60)102-31-17-41(73-19-28(3)49(77)69-57(73)82)98-35(31)23-94-107(85,110)103-32-18-42(75-26-64-43-48(75)67-54(63)68-51(43)79)99-36(32)24-95-108(86,111)105-45-37(101-52(47(45)89-5)72-10-7-39(62)66-56(72)81)25-96-109(87,112)104-44-33(21-76)100-53(46(44)88-4)74-20-30(59)50(78)70-58(74)83/h6-7,9-10,19-20,26-27,29,31-37,40-42,44-47,52-53,76H,8,11-18,21-25,60H2,1-5H3,(H,85,110)(H,86,111)(H,87,112)(H2,61,65,80)(H2,62,66,81)(H,69,77,82)(H,70,78,83)(H3,63,67,68,79)/p-3/t29-,31+,32+,33+,34+,35+,36+,37+,40+,41+,42+,44-,45-,46?,47?,52+,53+,106?,107?,108?,109?/m0/s1. The van der Waals surface area contributed by atoms with Crippen molar-refractivity contribution >= 4 is 109 Å². The molecule has 0 spiro atoms. The van der Waals surface area contributed by atoms with Gasteiger partial charge in [-0.25, -0.2) is 28.7 Å². The van der Waals surface area contributed by atoms with Crippen LogP contribution in [0.1, 0.15) is 69.8 Å². The molecule has 11 rings (SSSR count). The summed E-state index contributed by atoms with van der Waals surface area (Å²) < 4.78 is 143. The van der Waals surface area contributed by atoms with Gasteiger partial charge in [0, 0.05) is 64.0 Å². The molecule has 5 aliphatic rings. The number of halogens is 1. The number of H-pyrrole nitrogens is 3.